The fourth-order valence-electron chi connectivity index (χ4n) is 2.31. The predicted octanol–water partition coefficient (Wildman–Crippen LogP) is 3.15. The van der Waals surface area contributed by atoms with Crippen molar-refractivity contribution in [1.82, 2.24) is 4.90 Å². The van der Waals surface area contributed by atoms with Crippen molar-refractivity contribution in [2.75, 3.05) is 14.1 Å². The molecule has 18 heavy (non-hydrogen) atoms. The van der Waals surface area contributed by atoms with Crippen LogP contribution in [0.5, 0.6) is 0 Å². The fourth-order valence-corrected chi connectivity index (χ4v) is 2.31. The van der Waals surface area contributed by atoms with Gasteiger partial charge in [-0.3, -0.25) is 9.69 Å². The van der Waals surface area contributed by atoms with Crippen LogP contribution in [0.1, 0.15) is 37.0 Å². The molecule has 1 aromatic carbocycles. The van der Waals surface area contributed by atoms with Crippen LogP contribution in [0.3, 0.4) is 0 Å². The lowest BCUT2D eigenvalue weighted by molar-refractivity contribution is -0.128. The molecular weight excluding hydrogens is 222 g/mol. The van der Waals surface area contributed by atoms with Crippen LogP contribution >= 0.6 is 0 Å². The molecule has 1 rings (SSSR count). The monoisotopic (exact) mass is 247 g/mol. The standard InChI is InChI=1S/C16H25NO/c1-7-16(4,17(5)6)15(18)11-14-9-12(2)8-13(3)10-14/h8-10H,7,11H2,1-6H3. The predicted molar refractivity (Wildman–Crippen MR) is 77.0 cm³/mol. The molecule has 0 saturated carbocycles. The molecule has 0 spiro atoms. The second-order valence-electron chi connectivity index (χ2n) is 5.62. The molecule has 0 aromatic heterocycles. The Hall–Kier alpha value is -1.15. The van der Waals surface area contributed by atoms with Gasteiger partial charge in [-0.2, -0.15) is 0 Å². The minimum atomic E-state index is -0.363. The summed E-state index contributed by atoms with van der Waals surface area (Å²) in [5.74, 6) is 0.292. The van der Waals surface area contributed by atoms with Crippen LogP contribution in [0.4, 0.5) is 0 Å². The Labute approximate surface area is 111 Å². The topological polar surface area (TPSA) is 20.3 Å². The van der Waals surface area contributed by atoms with E-state index in [2.05, 4.69) is 39.0 Å². The van der Waals surface area contributed by atoms with Crippen molar-refractivity contribution in [3.05, 3.63) is 34.9 Å². The summed E-state index contributed by atoms with van der Waals surface area (Å²) >= 11 is 0. The van der Waals surface area contributed by atoms with E-state index in [0.717, 1.165) is 12.0 Å². The van der Waals surface area contributed by atoms with E-state index in [1.807, 2.05) is 25.9 Å². The molecule has 0 heterocycles. The van der Waals surface area contributed by atoms with Gasteiger partial charge in [0.25, 0.3) is 0 Å². The van der Waals surface area contributed by atoms with Gasteiger partial charge in [0.05, 0.1) is 5.54 Å². The lowest BCUT2D eigenvalue weighted by Crippen LogP contribution is -2.48. The van der Waals surface area contributed by atoms with Crippen molar-refractivity contribution in [3.63, 3.8) is 0 Å². The zero-order chi connectivity index (χ0) is 13.9. The Morgan fingerprint density at radius 2 is 1.67 bits per heavy atom. The molecular formula is C16H25NO. The number of nitrogens with zero attached hydrogens (tertiary/aromatic N) is 1. The van der Waals surface area contributed by atoms with Crippen LogP contribution in [0.2, 0.25) is 0 Å². The third-order valence-electron chi connectivity index (χ3n) is 3.92. The highest BCUT2D eigenvalue weighted by molar-refractivity contribution is 5.89. The number of aryl methyl sites for hydroxylation is 2. The van der Waals surface area contributed by atoms with Gasteiger partial charge in [0.2, 0.25) is 0 Å². The number of carbonyl (C=O) groups excluding carboxylic acids is 1. The largest absolute Gasteiger partial charge is 0.297 e. The molecule has 0 N–H and O–H groups in total. The number of Topliss-reactive ketones (excluding diaryl/α,β-unsaturated/α-hetero) is 1. The Morgan fingerprint density at radius 3 is 2.06 bits per heavy atom. The maximum atomic E-state index is 12.5. The Morgan fingerprint density at radius 1 is 1.17 bits per heavy atom. The van der Waals surface area contributed by atoms with Crippen molar-refractivity contribution < 1.29 is 4.79 Å². The summed E-state index contributed by atoms with van der Waals surface area (Å²) in [4.78, 5) is 14.5. The summed E-state index contributed by atoms with van der Waals surface area (Å²) in [7, 11) is 3.95. The average Bonchev–Trinajstić information content (AvgIpc) is 2.25. The van der Waals surface area contributed by atoms with Crippen LogP contribution in [0.25, 0.3) is 0 Å². The quantitative estimate of drug-likeness (QED) is 0.796. The van der Waals surface area contributed by atoms with Crippen molar-refractivity contribution in [1.29, 1.82) is 0 Å². The number of carbonyl (C=O) groups is 1. The van der Waals surface area contributed by atoms with E-state index in [4.69, 9.17) is 0 Å². The van der Waals surface area contributed by atoms with Crippen LogP contribution in [0, 0.1) is 13.8 Å². The summed E-state index contributed by atoms with van der Waals surface area (Å²) in [6, 6.07) is 6.35. The number of benzene rings is 1. The molecule has 0 aliphatic heterocycles. The molecule has 1 aromatic rings. The first-order valence-corrected chi connectivity index (χ1v) is 6.57. The number of hydrogen-bond acceptors (Lipinski definition) is 2. The summed E-state index contributed by atoms with van der Waals surface area (Å²) < 4.78 is 0. The van der Waals surface area contributed by atoms with Crippen molar-refractivity contribution >= 4 is 5.78 Å². The molecule has 1 atom stereocenters. The lowest BCUT2D eigenvalue weighted by atomic mass is 9.87. The van der Waals surface area contributed by atoms with Gasteiger partial charge in [-0.15, -0.1) is 0 Å². The Bertz CT molecular complexity index is 416. The second-order valence-corrected chi connectivity index (χ2v) is 5.62. The van der Waals surface area contributed by atoms with Gasteiger partial charge < -0.3 is 0 Å². The van der Waals surface area contributed by atoms with Crippen molar-refractivity contribution in [2.45, 2.75) is 46.1 Å². The van der Waals surface area contributed by atoms with Crippen LogP contribution in [-0.4, -0.2) is 30.3 Å². The third-order valence-corrected chi connectivity index (χ3v) is 3.92. The SMILES string of the molecule is CCC(C)(C(=O)Cc1cc(C)cc(C)c1)N(C)C. The first-order chi connectivity index (χ1) is 8.29. The molecule has 0 radical (unpaired) electrons. The van der Waals surface area contributed by atoms with E-state index in [1.165, 1.54) is 11.1 Å². The van der Waals surface area contributed by atoms with Gasteiger partial charge in [0, 0.05) is 6.42 Å². The molecule has 0 fully saturated rings. The van der Waals surface area contributed by atoms with Crippen molar-refractivity contribution in [2.24, 2.45) is 0 Å². The zero-order valence-electron chi connectivity index (χ0n) is 12.5. The first-order valence-electron chi connectivity index (χ1n) is 6.57. The highest BCUT2D eigenvalue weighted by Gasteiger charge is 2.32. The minimum absolute atomic E-state index is 0.292. The summed E-state index contributed by atoms with van der Waals surface area (Å²) in [6.07, 6.45) is 1.36. The summed E-state index contributed by atoms with van der Waals surface area (Å²) in [6.45, 7) is 8.25. The summed E-state index contributed by atoms with van der Waals surface area (Å²) in [5, 5.41) is 0. The normalized spacial score (nSPS) is 14.6. The molecule has 0 aliphatic rings. The maximum absolute atomic E-state index is 12.5. The lowest BCUT2D eigenvalue weighted by Gasteiger charge is -2.34. The van der Waals surface area contributed by atoms with E-state index < -0.39 is 0 Å². The van der Waals surface area contributed by atoms with Crippen LogP contribution in [-0.2, 0) is 11.2 Å². The number of likely N-dealkylation sites (N-methyl/N-ethyl adjacent to an activating group) is 1. The Kier molecular flexibility index (Phi) is 4.69. The first kappa shape index (κ1) is 14.9. The van der Waals surface area contributed by atoms with Crippen molar-refractivity contribution in [3.8, 4) is 0 Å². The van der Waals surface area contributed by atoms with E-state index in [0.29, 0.717) is 12.2 Å². The highest BCUT2D eigenvalue weighted by atomic mass is 16.1. The van der Waals surface area contributed by atoms with E-state index in [1.54, 1.807) is 0 Å². The second kappa shape index (κ2) is 5.66. The molecule has 0 amide bonds. The number of rotatable bonds is 5. The van der Waals surface area contributed by atoms with Gasteiger partial charge in [0.15, 0.2) is 5.78 Å². The molecule has 2 heteroatoms. The fraction of sp³-hybridized carbons (Fsp3) is 0.562. The molecule has 2 nitrogen and oxygen atoms in total. The zero-order valence-corrected chi connectivity index (χ0v) is 12.5. The van der Waals surface area contributed by atoms with Gasteiger partial charge in [-0.05, 0) is 46.9 Å². The van der Waals surface area contributed by atoms with Gasteiger partial charge in [-0.25, -0.2) is 0 Å². The molecule has 0 bridgehead atoms. The Balaban J connectivity index is 2.93. The highest BCUT2D eigenvalue weighted by Crippen LogP contribution is 2.20. The van der Waals surface area contributed by atoms with Gasteiger partial charge in [0.1, 0.15) is 0 Å². The van der Waals surface area contributed by atoms with E-state index >= 15 is 0 Å². The maximum Gasteiger partial charge on any atom is 0.157 e. The average molecular weight is 247 g/mol. The summed E-state index contributed by atoms with van der Waals surface area (Å²) in [5.41, 5.74) is 3.21. The smallest absolute Gasteiger partial charge is 0.157 e. The molecule has 1 unspecified atom stereocenters. The molecule has 0 aliphatic carbocycles. The minimum Gasteiger partial charge on any atom is -0.297 e. The number of ketones is 1. The van der Waals surface area contributed by atoms with E-state index in [9.17, 15) is 4.79 Å². The van der Waals surface area contributed by atoms with E-state index in [-0.39, 0.29) is 5.54 Å². The molecule has 100 valence electrons. The van der Waals surface area contributed by atoms with Crippen LogP contribution < -0.4 is 0 Å². The van der Waals surface area contributed by atoms with Crippen LogP contribution in [0.15, 0.2) is 18.2 Å². The van der Waals surface area contributed by atoms with Gasteiger partial charge >= 0.3 is 0 Å². The number of hydrogen-bond donors (Lipinski definition) is 0. The van der Waals surface area contributed by atoms with Gasteiger partial charge in [-0.1, -0.05) is 36.2 Å². The molecule has 0 saturated heterocycles. The third kappa shape index (κ3) is 3.20.